The Hall–Kier alpha value is -2.60. The van der Waals surface area contributed by atoms with Crippen molar-refractivity contribution in [2.45, 2.75) is 0 Å². The molecule has 0 saturated carbocycles. The number of aromatic amines is 1. The minimum absolute atomic E-state index is 0.0157. The Morgan fingerprint density at radius 2 is 2.05 bits per heavy atom. The first-order valence-corrected chi connectivity index (χ1v) is 6.14. The fraction of sp³-hybridized carbons (Fsp3) is 0. The van der Waals surface area contributed by atoms with E-state index in [9.17, 15) is 5.11 Å². The van der Waals surface area contributed by atoms with Crippen LogP contribution < -0.4 is 5.73 Å². The van der Waals surface area contributed by atoms with E-state index in [1.807, 2.05) is 0 Å². The average molecular weight is 288 g/mol. The minimum atomic E-state index is 0.0157. The molecule has 0 unspecified atom stereocenters. The maximum absolute atomic E-state index is 9.48. The van der Waals surface area contributed by atoms with Crippen molar-refractivity contribution < 1.29 is 5.11 Å². The molecule has 4 N–H and O–H groups in total. The molecule has 0 aliphatic heterocycles. The van der Waals surface area contributed by atoms with E-state index in [1.165, 1.54) is 12.3 Å². The summed E-state index contributed by atoms with van der Waals surface area (Å²) in [5.41, 5.74) is 8.29. The van der Waals surface area contributed by atoms with Gasteiger partial charge in [-0.1, -0.05) is 11.6 Å². The van der Waals surface area contributed by atoms with Crippen molar-refractivity contribution in [3.05, 3.63) is 41.7 Å². The summed E-state index contributed by atoms with van der Waals surface area (Å²) in [5.74, 6) is 0.324. The van der Waals surface area contributed by atoms with E-state index in [0.717, 1.165) is 5.56 Å². The molecular weight excluding hydrogens is 278 g/mol. The fourth-order valence-electron chi connectivity index (χ4n) is 1.84. The predicted molar refractivity (Wildman–Crippen MR) is 76.1 cm³/mol. The van der Waals surface area contributed by atoms with E-state index in [0.29, 0.717) is 22.9 Å². The number of hydrogen-bond donors (Lipinski definition) is 3. The number of halogens is 1. The fourth-order valence-corrected chi connectivity index (χ4v) is 2.02. The molecule has 0 fully saturated rings. The molecule has 3 aromatic rings. The summed E-state index contributed by atoms with van der Waals surface area (Å²) >= 11 is 5.93. The number of hydrogen-bond acceptors (Lipinski definition) is 5. The van der Waals surface area contributed by atoms with Gasteiger partial charge in [0.25, 0.3) is 0 Å². The van der Waals surface area contributed by atoms with Crippen molar-refractivity contribution in [3.8, 4) is 28.4 Å². The highest BCUT2D eigenvalue weighted by atomic mass is 35.5. The molecule has 0 saturated heterocycles. The summed E-state index contributed by atoms with van der Waals surface area (Å²) in [5, 5.41) is 16.5. The number of nitrogens with one attached hydrogen (secondary N) is 1. The largest absolute Gasteiger partial charge is 0.506 e. The van der Waals surface area contributed by atoms with Gasteiger partial charge >= 0.3 is 0 Å². The molecule has 0 bridgehead atoms. The third-order valence-corrected chi connectivity index (χ3v) is 3.07. The van der Waals surface area contributed by atoms with Crippen LogP contribution in [-0.4, -0.2) is 25.3 Å². The molecule has 7 heteroatoms. The molecule has 0 radical (unpaired) electrons. The minimum Gasteiger partial charge on any atom is -0.506 e. The lowest BCUT2D eigenvalue weighted by molar-refractivity contribution is 0.475. The highest BCUT2D eigenvalue weighted by molar-refractivity contribution is 6.32. The Kier molecular flexibility index (Phi) is 3.00. The van der Waals surface area contributed by atoms with Crippen LogP contribution in [-0.2, 0) is 0 Å². The normalized spacial score (nSPS) is 10.7. The predicted octanol–water partition coefficient (Wildman–Crippen LogP) is 2.47. The Balaban J connectivity index is 2.20. The first-order valence-electron chi connectivity index (χ1n) is 5.76. The van der Waals surface area contributed by atoms with E-state index < -0.39 is 0 Å². The molecule has 0 atom stereocenters. The molecule has 0 aliphatic carbocycles. The molecule has 100 valence electrons. The number of H-pyrrole nitrogens is 1. The Morgan fingerprint density at radius 3 is 2.75 bits per heavy atom. The smallest absolute Gasteiger partial charge is 0.142 e. The number of benzene rings is 1. The van der Waals surface area contributed by atoms with Crippen LogP contribution in [0.5, 0.6) is 5.75 Å². The maximum Gasteiger partial charge on any atom is 0.142 e. The monoisotopic (exact) mass is 287 g/mol. The number of aromatic nitrogens is 4. The van der Waals surface area contributed by atoms with Crippen molar-refractivity contribution in [3.63, 3.8) is 0 Å². The molecule has 3 rings (SSSR count). The van der Waals surface area contributed by atoms with E-state index in [4.69, 9.17) is 17.3 Å². The van der Waals surface area contributed by atoms with Crippen LogP contribution >= 0.6 is 11.6 Å². The molecular formula is C13H10ClN5O. The lowest BCUT2D eigenvalue weighted by Crippen LogP contribution is -1.98. The SMILES string of the molecule is Nc1cnc(-c2ccc(O)c(Cl)c2)c(-c2ccn[nH]2)n1. The third kappa shape index (κ3) is 2.17. The van der Waals surface area contributed by atoms with E-state index in [-0.39, 0.29) is 10.8 Å². The van der Waals surface area contributed by atoms with Crippen molar-refractivity contribution in [2.75, 3.05) is 5.73 Å². The van der Waals surface area contributed by atoms with Crippen LogP contribution in [0, 0.1) is 0 Å². The Morgan fingerprint density at radius 1 is 1.20 bits per heavy atom. The van der Waals surface area contributed by atoms with Gasteiger partial charge in [-0.25, -0.2) is 4.98 Å². The van der Waals surface area contributed by atoms with Crippen molar-refractivity contribution in [2.24, 2.45) is 0 Å². The lowest BCUT2D eigenvalue weighted by atomic mass is 10.1. The van der Waals surface area contributed by atoms with E-state index in [1.54, 1.807) is 24.4 Å². The zero-order chi connectivity index (χ0) is 14.1. The number of nitrogen functional groups attached to an aromatic ring is 1. The van der Waals surface area contributed by atoms with Gasteiger partial charge in [0.1, 0.15) is 17.3 Å². The zero-order valence-electron chi connectivity index (χ0n) is 10.2. The van der Waals surface area contributed by atoms with E-state index >= 15 is 0 Å². The second-order valence-corrected chi connectivity index (χ2v) is 4.54. The molecule has 20 heavy (non-hydrogen) atoms. The van der Waals surface area contributed by atoms with Gasteiger partial charge in [-0.2, -0.15) is 5.10 Å². The second-order valence-electron chi connectivity index (χ2n) is 4.13. The summed E-state index contributed by atoms with van der Waals surface area (Å²) < 4.78 is 0. The highest BCUT2D eigenvalue weighted by Crippen LogP contribution is 2.32. The zero-order valence-corrected chi connectivity index (χ0v) is 11.0. The Labute approximate surface area is 119 Å². The van der Waals surface area contributed by atoms with Gasteiger partial charge in [0.15, 0.2) is 0 Å². The van der Waals surface area contributed by atoms with E-state index in [2.05, 4.69) is 20.2 Å². The van der Waals surface area contributed by atoms with Crippen molar-refractivity contribution >= 4 is 17.4 Å². The molecule has 0 aliphatic rings. The number of phenols is 1. The summed E-state index contributed by atoms with van der Waals surface area (Å²) in [6, 6.07) is 6.61. The van der Waals surface area contributed by atoms with Crippen molar-refractivity contribution in [1.29, 1.82) is 0 Å². The maximum atomic E-state index is 9.48. The van der Waals surface area contributed by atoms with Crippen LogP contribution in [0.15, 0.2) is 36.7 Å². The van der Waals surface area contributed by atoms with Gasteiger partial charge in [0.05, 0.1) is 22.6 Å². The van der Waals surface area contributed by atoms with Crippen LogP contribution in [0.2, 0.25) is 5.02 Å². The number of aromatic hydroxyl groups is 1. The number of phenolic OH excluding ortho intramolecular Hbond substituents is 1. The van der Waals surface area contributed by atoms with Crippen molar-refractivity contribution in [1.82, 2.24) is 20.2 Å². The standard InChI is InChI=1S/C13H10ClN5O/c14-8-5-7(1-2-10(8)20)12-13(9-3-4-17-19-9)18-11(15)6-16-12/h1-6,20H,(H2,15,18)(H,17,19). The lowest BCUT2D eigenvalue weighted by Gasteiger charge is -2.08. The van der Waals surface area contributed by atoms with Gasteiger partial charge in [-0.3, -0.25) is 10.1 Å². The average Bonchev–Trinajstić information content (AvgIpc) is 2.96. The molecule has 1 aromatic carbocycles. The number of rotatable bonds is 2. The summed E-state index contributed by atoms with van der Waals surface area (Å²) in [6.45, 7) is 0. The van der Waals surface area contributed by atoms with Gasteiger partial charge < -0.3 is 10.8 Å². The van der Waals surface area contributed by atoms with Gasteiger partial charge in [0.2, 0.25) is 0 Å². The first kappa shape index (κ1) is 12.4. The van der Waals surface area contributed by atoms with Gasteiger partial charge in [-0.15, -0.1) is 0 Å². The van der Waals surface area contributed by atoms with Crippen LogP contribution in [0.4, 0.5) is 5.82 Å². The molecule has 6 nitrogen and oxygen atoms in total. The first-order chi connectivity index (χ1) is 9.65. The molecule has 0 amide bonds. The van der Waals surface area contributed by atoms with Crippen LogP contribution in [0.1, 0.15) is 0 Å². The molecule has 2 heterocycles. The summed E-state index contributed by atoms with van der Waals surface area (Å²) in [4.78, 5) is 8.58. The summed E-state index contributed by atoms with van der Waals surface area (Å²) in [6.07, 6.45) is 3.09. The molecule has 0 spiro atoms. The summed E-state index contributed by atoms with van der Waals surface area (Å²) in [7, 11) is 0. The Bertz CT molecular complexity index is 757. The quantitative estimate of drug-likeness (QED) is 0.672. The molecule has 2 aromatic heterocycles. The third-order valence-electron chi connectivity index (χ3n) is 2.77. The topological polar surface area (TPSA) is 101 Å². The number of nitrogens with two attached hydrogens (primary N) is 1. The number of nitrogens with zero attached hydrogens (tertiary/aromatic N) is 3. The number of anilines is 1. The van der Waals surface area contributed by atoms with Crippen LogP contribution in [0.3, 0.4) is 0 Å². The van der Waals surface area contributed by atoms with Gasteiger partial charge in [-0.05, 0) is 24.3 Å². The van der Waals surface area contributed by atoms with Gasteiger partial charge in [0, 0.05) is 11.8 Å². The highest BCUT2D eigenvalue weighted by Gasteiger charge is 2.13. The van der Waals surface area contributed by atoms with Crippen LogP contribution in [0.25, 0.3) is 22.6 Å². The second kappa shape index (κ2) is 4.82.